The minimum absolute atomic E-state index is 1.45. The molecule has 0 saturated carbocycles. The van der Waals surface area contributed by atoms with Crippen LogP contribution in [0.5, 0.6) is 0 Å². The molecule has 0 aliphatic rings. The molecule has 0 aromatic heterocycles. The van der Waals surface area contributed by atoms with Crippen LogP contribution in [0.15, 0.2) is 5.16 Å². The van der Waals surface area contributed by atoms with Gasteiger partial charge in [0.25, 0.3) is 0 Å². The largest absolute Gasteiger partial charge is 0.400 e. The second kappa shape index (κ2) is 2.47. The van der Waals surface area contributed by atoms with Crippen LogP contribution in [-0.2, 0) is 4.84 Å². The molecule has 0 aromatic carbocycles. The summed E-state index contributed by atoms with van der Waals surface area (Å²) in [7, 11) is 1.45. The van der Waals surface area contributed by atoms with Crippen molar-refractivity contribution in [1.29, 1.82) is 0 Å². The lowest BCUT2D eigenvalue weighted by Crippen LogP contribution is -1.55. The highest BCUT2D eigenvalue weighted by Crippen LogP contribution is 1.49. The predicted octanol–water partition coefficient (Wildman–Crippen LogP) is 0.248. The van der Waals surface area contributed by atoms with Gasteiger partial charge in [0, 0.05) is 6.72 Å². The minimum atomic E-state index is 1.45. The normalized spacial score (nSPS) is 5.25. The van der Waals surface area contributed by atoms with E-state index < -0.39 is 0 Å². The molecule has 0 aromatic rings. The molecule has 0 heterocycles. The first kappa shape index (κ1) is 3.47. The van der Waals surface area contributed by atoms with E-state index in [1.807, 2.05) is 0 Å². The van der Waals surface area contributed by atoms with Crippen LogP contribution >= 0.6 is 0 Å². The molecular formula is C2H5NO. The number of nitrogens with zero attached hydrogens (tertiary/aromatic N) is 1. The lowest BCUT2D eigenvalue weighted by molar-refractivity contribution is 0.217. The maximum absolute atomic E-state index is 4.06. The van der Waals surface area contributed by atoms with Crippen LogP contribution in [0, 0.1) is 0 Å². The standard InChI is InChI=1S/C2H5NO/c1-3-4-2/h1H2,2H3. The van der Waals surface area contributed by atoms with E-state index >= 15 is 0 Å². The molecule has 0 unspecified atom stereocenters. The summed E-state index contributed by atoms with van der Waals surface area (Å²) in [6.45, 7) is 3.01. The summed E-state index contributed by atoms with van der Waals surface area (Å²) >= 11 is 0. The van der Waals surface area contributed by atoms with E-state index in [1.165, 1.54) is 7.11 Å². The Kier molecular flexibility index (Phi) is 2.14. The molecule has 24 valence electrons. The van der Waals surface area contributed by atoms with Crippen LogP contribution < -0.4 is 0 Å². The number of rotatable bonds is 1. The fourth-order valence-corrected chi connectivity index (χ4v) is 0. The van der Waals surface area contributed by atoms with E-state index in [0.29, 0.717) is 0 Å². The summed E-state index contributed by atoms with van der Waals surface area (Å²) in [6, 6.07) is 0. The Morgan fingerprint density at radius 1 is 2.00 bits per heavy atom. The van der Waals surface area contributed by atoms with E-state index in [9.17, 15) is 0 Å². The summed E-state index contributed by atoms with van der Waals surface area (Å²) < 4.78 is 0. The third-order valence-electron chi connectivity index (χ3n) is 0.129. The van der Waals surface area contributed by atoms with Crippen molar-refractivity contribution in [3.8, 4) is 0 Å². The molecule has 2 heteroatoms. The Labute approximate surface area is 25.1 Å². The molecule has 0 atom stereocenters. The molecule has 0 fully saturated rings. The van der Waals surface area contributed by atoms with E-state index in [4.69, 9.17) is 0 Å². The Morgan fingerprint density at radius 3 is 2.25 bits per heavy atom. The minimum Gasteiger partial charge on any atom is -0.400 e. The lowest BCUT2D eigenvalue weighted by atomic mass is 11.7. The second-order valence-electron chi connectivity index (χ2n) is 0.312. The van der Waals surface area contributed by atoms with Crippen molar-refractivity contribution in [3.05, 3.63) is 0 Å². The Hall–Kier alpha value is -0.530. The smallest absolute Gasteiger partial charge is 0.106 e. The van der Waals surface area contributed by atoms with Gasteiger partial charge in [-0.25, -0.2) is 0 Å². The summed E-state index contributed by atoms with van der Waals surface area (Å²) in [4.78, 5) is 4.06. The number of hydrogen-bond acceptors (Lipinski definition) is 2. The number of oxime groups is 1. The van der Waals surface area contributed by atoms with Gasteiger partial charge in [-0.2, -0.15) is 0 Å². The van der Waals surface area contributed by atoms with Crippen LogP contribution in [0.1, 0.15) is 0 Å². The zero-order valence-electron chi connectivity index (χ0n) is 2.56. The van der Waals surface area contributed by atoms with Gasteiger partial charge in [0.05, 0.1) is 0 Å². The first-order valence-corrected chi connectivity index (χ1v) is 0.907. The van der Waals surface area contributed by atoms with E-state index in [2.05, 4.69) is 16.7 Å². The zero-order valence-corrected chi connectivity index (χ0v) is 2.56. The van der Waals surface area contributed by atoms with Crippen molar-refractivity contribution in [2.75, 3.05) is 7.11 Å². The summed E-state index contributed by atoms with van der Waals surface area (Å²) in [5, 5.41) is 2.99. The Morgan fingerprint density at radius 2 is 2.25 bits per heavy atom. The maximum atomic E-state index is 4.06. The van der Waals surface area contributed by atoms with Crippen molar-refractivity contribution in [2.45, 2.75) is 0 Å². The van der Waals surface area contributed by atoms with Gasteiger partial charge in [-0.1, -0.05) is 0 Å². The SMILES string of the molecule is C=NOC. The van der Waals surface area contributed by atoms with Crippen LogP contribution in [0.2, 0.25) is 0 Å². The van der Waals surface area contributed by atoms with Gasteiger partial charge in [0.2, 0.25) is 0 Å². The Balaban J connectivity index is 2.30. The summed E-state index contributed by atoms with van der Waals surface area (Å²) in [5.74, 6) is 0. The van der Waals surface area contributed by atoms with E-state index in [0.717, 1.165) is 0 Å². The van der Waals surface area contributed by atoms with Crippen LogP contribution in [0.3, 0.4) is 0 Å². The van der Waals surface area contributed by atoms with Crippen molar-refractivity contribution in [2.24, 2.45) is 5.16 Å². The van der Waals surface area contributed by atoms with Gasteiger partial charge in [-0.05, 0) is 0 Å². The molecule has 0 amide bonds. The molecule has 0 N–H and O–H groups in total. The van der Waals surface area contributed by atoms with Gasteiger partial charge in [-0.3, -0.25) is 0 Å². The topological polar surface area (TPSA) is 21.6 Å². The molecule has 0 rings (SSSR count). The van der Waals surface area contributed by atoms with E-state index in [-0.39, 0.29) is 0 Å². The van der Waals surface area contributed by atoms with Crippen molar-refractivity contribution in [1.82, 2.24) is 0 Å². The van der Waals surface area contributed by atoms with Crippen molar-refractivity contribution < 1.29 is 4.84 Å². The average molecular weight is 59.1 g/mol. The van der Waals surface area contributed by atoms with Crippen LogP contribution in [0.25, 0.3) is 0 Å². The molecule has 4 heavy (non-hydrogen) atoms. The fourth-order valence-electron chi connectivity index (χ4n) is 0. The predicted molar refractivity (Wildman–Crippen MR) is 16.6 cm³/mol. The van der Waals surface area contributed by atoms with Crippen molar-refractivity contribution >= 4 is 6.72 Å². The van der Waals surface area contributed by atoms with Crippen LogP contribution in [0.4, 0.5) is 0 Å². The molecule has 0 spiro atoms. The van der Waals surface area contributed by atoms with Gasteiger partial charge >= 0.3 is 0 Å². The first-order chi connectivity index (χ1) is 1.91. The Bertz CT molecular complexity index is 20.0. The van der Waals surface area contributed by atoms with Crippen LogP contribution in [-0.4, -0.2) is 13.8 Å². The second-order valence-corrected chi connectivity index (χ2v) is 0.312. The van der Waals surface area contributed by atoms with E-state index in [1.54, 1.807) is 0 Å². The quantitative estimate of drug-likeness (QED) is 0.313. The van der Waals surface area contributed by atoms with Gasteiger partial charge < -0.3 is 4.84 Å². The molecule has 0 bridgehead atoms. The highest BCUT2D eigenvalue weighted by atomic mass is 16.6. The van der Waals surface area contributed by atoms with Crippen molar-refractivity contribution in [3.63, 3.8) is 0 Å². The molecular weight excluding hydrogens is 54.0 g/mol. The molecule has 0 aliphatic heterocycles. The number of hydrogen-bond donors (Lipinski definition) is 0. The maximum Gasteiger partial charge on any atom is 0.106 e. The fraction of sp³-hybridized carbons (Fsp3) is 0.500. The lowest BCUT2D eigenvalue weighted by Gasteiger charge is -1.71. The third kappa shape index (κ3) is 1.47. The third-order valence-corrected chi connectivity index (χ3v) is 0.129. The highest BCUT2D eigenvalue weighted by molar-refractivity contribution is 5.21. The van der Waals surface area contributed by atoms with Gasteiger partial charge in [0.15, 0.2) is 0 Å². The highest BCUT2D eigenvalue weighted by Gasteiger charge is 1.35. The van der Waals surface area contributed by atoms with Gasteiger partial charge in [0.1, 0.15) is 7.11 Å². The van der Waals surface area contributed by atoms with Gasteiger partial charge in [-0.15, -0.1) is 5.16 Å². The average Bonchev–Trinajstić information content (AvgIpc) is 1.37. The summed E-state index contributed by atoms with van der Waals surface area (Å²) in [5.41, 5.74) is 0. The molecule has 0 saturated heterocycles. The molecule has 0 radical (unpaired) electrons. The summed E-state index contributed by atoms with van der Waals surface area (Å²) in [6.07, 6.45) is 0. The first-order valence-electron chi connectivity index (χ1n) is 0.907. The molecule has 0 aliphatic carbocycles. The molecule has 2 nitrogen and oxygen atoms in total. The monoisotopic (exact) mass is 59.0 g/mol. The zero-order chi connectivity index (χ0) is 3.41.